The van der Waals surface area contributed by atoms with Gasteiger partial charge in [0.25, 0.3) is 11.8 Å². The first kappa shape index (κ1) is 41.8. The Kier molecular flexibility index (Phi) is 14.8. The molecule has 1 atom stereocenters. The molecular formula is C41H46N8O8S. The van der Waals surface area contributed by atoms with Crippen LogP contribution in [-0.4, -0.2) is 87.3 Å². The molecule has 0 spiro atoms. The average molecular weight is 811 g/mol. The number of hydrogen-bond acceptors (Lipinski definition) is 13. The van der Waals surface area contributed by atoms with Crippen molar-refractivity contribution in [3.8, 4) is 0 Å². The predicted octanol–water partition coefficient (Wildman–Crippen LogP) is 5.62. The minimum atomic E-state index is -1.08. The molecule has 0 saturated carbocycles. The Morgan fingerprint density at radius 1 is 0.983 bits per heavy atom. The highest BCUT2D eigenvalue weighted by Crippen LogP contribution is 2.28. The lowest BCUT2D eigenvalue weighted by atomic mass is 10.1. The van der Waals surface area contributed by atoms with E-state index < -0.39 is 12.0 Å². The standard InChI is InChI=1S/C41H46N8O8S/c1-48-25-31-20-28(14-16-34(31)46-35(41(48)54)22-38(50)51)40(53)49(26-32-21-27-10-4-6-12-33(27)45-32)19-9-3-2-8-18-42-39(52)30-15-17-37(43-23-30)47-44-24-29-11-5-7-13-36(29)58-57-56-55/h4-7,10-17,20,23,35,44,46,55H,2-3,8-9,18-19,21-22,24-26H2,1H3,(H,42,52)(H,43,47)(H,50,51)/t35-/m0/s1. The number of carboxylic acids is 1. The molecule has 3 amide bonds. The fraction of sp³-hybridized carbons (Fsp3) is 0.317. The first-order valence-corrected chi connectivity index (χ1v) is 19.7. The Morgan fingerprint density at radius 2 is 1.78 bits per heavy atom. The molecule has 2 aliphatic rings. The number of carboxylic acid groups (broad SMARTS) is 1. The first-order chi connectivity index (χ1) is 28.2. The second-order valence-corrected chi connectivity index (χ2v) is 14.7. The molecule has 2 aliphatic heterocycles. The van der Waals surface area contributed by atoms with Crippen molar-refractivity contribution >= 4 is 58.6 Å². The topological polar surface area (TPSA) is 207 Å². The van der Waals surface area contributed by atoms with Crippen molar-refractivity contribution in [1.29, 1.82) is 0 Å². The van der Waals surface area contributed by atoms with Gasteiger partial charge >= 0.3 is 5.97 Å². The maximum Gasteiger partial charge on any atom is 0.305 e. The number of carbonyl (C=O) groups excluding carboxylic acids is 3. The molecule has 0 unspecified atom stereocenters. The fourth-order valence-electron chi connectivity index (χ4n) is 6.81. The Balaban J connectivity index is 0.973. The van der Waals surface area contributed by atoms with Gasteiger partial charge in [-0.1, -0.05) is 54.3 Å². The highest BCUT2D eigenvalue weighted by molar-refractivity contribution is 7.94. The lowest BCUT2D eigenvalue weighted by Crippen LogP contribution is -2.39. The maximum atomic E-state index is 14.1. The van der Waals surface area contributed by atoms with E-state index >= 15 is 0 Å². The summed E-state index contributed by atoms with van der Waals surface area (Å²) in [6, 6.07) is 23.1. The largest absolute Gasteiger partial charge is 0.481 e. The summed E-state index contributed by atoms with van der Waals surface area (Å²) in [6.45, 7) is 2.04. The third-order valence-corrected chi connectivity index (χ3v) is 10.5. The van der Waals surface area contributed by atoms with Gasteiger partial charge in [0.15, 0.2) is 0 Å². The second-order valence-electron chi connectivity index (χ2n) is 14.0. The van der Waals surface area contributed by atoms with Gasteiger partial charge in [0, 0.05) is 67.7 Å². The number of aliphatic imine (C=N–C) groups is 1. The van der Waals surface area contributed by atoms with Gasteiger partial charge in [-0.05, 0) is 72.0 Å². The number of benzene rings is 3. The van der Waals surface area contributed by atoms with Gasteiger partial charge in [0.1, 0.15) is 11.9 Å². The van der Waals surface area contributed by atoms with E-state index in [0.29, 0.717) is 55.2 Å². The van der Waals surface area contributed by atoms with Crippen LogP contribution in [0.2, 0.25) is 0 Å². The van der Waals surface area contributed by atoms with Gasteiger partial charge in [-0.25, -0.2) is 15.7 Å². The van der Waals surface area contributed by atoms with Gasteiger partial charge in [-0.3, -0.25) is 24.2 Å². The molecule has 0 radical (unpaired) electrons. The molecule has 0 bridgehead atoms. The van der Waals surface area contributed by atoms with Crippen molar-refractivity contribution in [1.82, 2.24) is 25.5 Å². The zero-order chi connectivity index (χ0) is 40.9. The average Bonchev–Trinajstić information content (AvgIpc) is 3.60. The summed E-state index contributed by atoms with van der Waals surface area (Å²) in [5.74, 6) is -1.24. The number of pyridine rings is 1. The van der Waals surface area contributed by atoms with Gasteiger partial charge in [-0.2, -0.15) is 0 Å². The molecular weight excluding hydrogens is 765 g/mol. The van der Waals surface area contributed by atoms with E-state index in [1.165, 1.54) is 11.1 Å². The summed E-state index contributed by atoms with van der Waals surface area (Å²) in [4.78, 5) is 64.3. The molecule has 16 nitrogen and oxygen atoms in total. The number of aliphatic carboxylic acids is 1. The monoisotopic (exact) mass is 810 g/mol. The number of likely N-dealkylation sites (N-methyl/N-ethyl adjacent to an activating group) is 1. The Hall–Kier alpha value is -5.85. The quantitative estimate of drug-likeness (QED) is 0.0278. The number of rotatable bonds is 20. The summed E-state index contributed by atoms with van der Waals surface area (Å²) in [6.07, 6.45) is 5.04. The molecule has 0 saturated heterocycles. The lowest BCUT2D eigenvalue weighted by Gasteiger charge is -2.24. The molecule has 1 aromatic heterocycles. The van der Waals surface area contributed by atoms with Crippen molar-refractivity contribution in [3.63, 3.8) is 0 Å². The summed E-state index contributed by atoms with van der Waals surface area (Å²) in [5.41, 5.74) is 12.2. The summed E-state index contributed by atoms with van der Waals surface area (Å²) >= 11 is 0.880. The fourth-order valence-corrected chi connectivity index (χ4v) is 7.29. The number of anilines is 2. The van der Waals surface area contributed by atoms with Gasteiger partial charge in [0.05, 0.1) is 36.3 Å². The Bertz CT molecular complexity index is 2120. The summed E-state index contributed by atoms with van der Waals surface area (Å²) < 4.78 is 4.54. The van der Waals surface area contributed by atoms with Crippen LogP contribution in [0.1, 0.15) is 69.5 Å². The number of hydrazine groups is 1. The Morgan fingerprint density at radius 3 is 2.57 bits per heavy atom. The zero-order valence-corrected chi connectivity index (χ0v) is 32.8. The van der Waals surface area contributed by atoms with Crippen molar-refractivity contribution in [2.75, 3.05) is 37.4 Å². The van der Waals surface area contributed by atoms with E-state index in [2.05, 4.69) is 35.8 Å². The highest BCUT2D eigenvalue weighted by Gasteiger charge is 2.30. The third kappa shape index (κ3) is 11.4. The van der Waals surface area contributed by atoms with E-state index in [4.69, 9.17) is 10.2 Å². The number of fused-ring (bicyclic) bond motifs is 2. The van der Waals surface area contributed by atoms with Crippen LogP contribution in [-0.2, 0) is 38.5 Å². The molecule has 0 aliphatic carbocycles. The molecule has 304 valence electrons. The van der Waals surface area contributed by atoms with Crippen LogP contribution in [0, 0.1) is 0 Å². The van der Waals surface area contributed by atoms with Crippen LogP contribution in [0.3, 0.4) is 0 Å². The number of amides is 3. The zero-order valence-electron chi connectivity index (χ0n) is 32.0. The smallest absolute Gasteiger partial charge is 0.305 e. The lowest BCUT2D eigenvalue weighted by molar-refractivity contribution is -0.432. The van der Waals surface area contributed by atoms with Crippen LogP contribution >= 0.6 is 12.0 Å². The second kappa shape index (κ2) is 20.5. The van der Waals surface area contributed by atoms with E-state index in [0.717, 1.165) is 70.7 Å². The van der Waals surface area contributed by atoms with Crippen molar-refractivity contribution in [3.05, 3.63) is 113 Å². The molecule has 6 N–H and O–H groups in total. The molecule has 3 aromatic carbocycles. The number of para-hydroxylation sites is 1. The summed E-state index contributed by atoms with van der Waals surface area (Å²) in [5, 5.41) is 27.5. The first-order valence-electron chi connectivity index (χ1n) is 18.9. The minimum Gasteiger partial charge on any atom is -0.481 e. The van der Waals surface area contributed by atoms with Crippen LogP contribution in [0.5, 0.6) is 0 Å². The maximum absolute atomic E-state index is 14.1. The number of hydrogen-bond donors (Lipinski definition) is 6. The van der Waals surface area contributed by atoms with Gasteiger partial charge in [0.2, 0.25) is 5.91 Å². The van der Waals surface area contributed by atoms with E-state index in [1.807, 2.05) is 53.4 Å². The minimum absolute atomic E-state index is 0.149. The number of nitrogens with zero attached hydrogens (tertiary/aromatic N) is 4. The normalized spacial score (nSPS) is 14.4. The van der Waals surface area contributed by atoms with Gasteiger partial charge < -0.3 is 31.0 Å². The van der Waals surface area contributed by atoms with Gasteiger partial charge in [-0.15, -0.1) is 4.33 Å². The molecule has 4 aromatic rings. The van der Waals surface area contributed by atoms with E-state index in [9.17, 15) is 24.3 Å². The van der Waals surface area contributed by atoms with Crippen molar-refractivity contribution in [2.24, 2.45) is 4.99 Å². The summed E-state index contributed by atoms with van der Waals surface area (Å²) in [7, 11) is 1.63. The molecule has 6 rings (SSSR count). The molecule has 3 heterocycles. The SMILES string of the molecule is CN1Cc2cc(C(=O)N(CCCCCCNC(=O)c3ccc(NNCc4ccccc4SOOO)nc3)CC3=Nc4ccccc4C3)ccc2N[C@@H](CC(=O)O)C1=O. The number of carbonyl (C=O) groups is 4. The predicted molar refractivity (Wildman–Crippen MR) is 218 cm³/mol. The highest BCUT2D eigenvalue weighted by atomic mass is 32.2. The molecule has 0 fully saturated rings. The van der Waals surface area contributed by atoms with E-state index in [-0.39, 0.29) is 30.7 Å². The van der Waals surface area contributed by atoms with Crippen LogP contribution < -0.4 is 21.5 Å². The number of aromatic nitrogens is 1. The number of unbranched alkanes of at least 4 members (excludes halogenated alkanes) is 3. The Labute approximate surface area is 340 Å². The molecule has 17 heteroatoms. The van der Waals surface area contributed by atoms with Crippen LogP contribution in [0.25, 0.3) is 0 Å². The van der Waals surface area contributed by atoms with Crippen LogP contribution in [0.15, 0.2) is 94.9 Å². The molecule has 58 heavy (non-hydrogen) atoms. The van der Waals surface area contributed by atoms with E-state index in [1.54, 1.807) is 37.4 Å². The van der Waals surface area contributed by atoms with Crippen LogP contribution in [0.4, 0.5) is 17.2 Å². The third-order valence-electron chi connectivity index (χ3n) is 9.76. The van der Waals surface area contributed by atoms with Crippen molar-refractivity contribution < 1.29 is 38.9 Å². The van der Waals surface area contributed by atoms with Crippen molar-refractivity contribution in [2.45, 2.75) is 62.6 Å². The number of nitrogens with one attached hydrogen (secondary N) is 4.